The van der Waals surface area contributed by atoms with Crippen molar-refractivity contribution < 1.29 is 55.6 Å². The van der Waals surface area contributed by atoms with Gasteiger partial charge in [0.2, 0.25) is 12.7 Å². The van der Waals surface area contributed by atoms with Crippen LogP contribution >= 0.6 is 0 Å². The number of nitrogens with zero attached hydrogens (tertiary/aromatic N) is 1. The van der Waals surface area contributed by atoms with Crippen molar-refractivity contribution in [3.05, 3.63) is 77.1 Å². The van der Waals surface area contributed by atoms with Crippen LogP contribution in [0.15, 0.2) is 54.7 Å². The van der Waals surface area contributed by atoms with E-state index in [0.29, 0.717) is 41.3 Å². The minimum atomic E-state index is -6.02. The molecule has 0 saturated heterocycles. The van der Waals surface area contributed by atoms with E-state index in [1.54, 1.807) is 32.0 Å². The summed E-state index contributed by atoms with van der Waals surface area (Å²) < 4.78 is 97.4. The molecule has 1 aliphatic rings. The fraction of sp³-hybridized carbons (Fsp3) is 0.419. The Balaban J connectivity index is 1.57. The summed E-state index contributed by atoms with van der Waals surface area (Å²) in [5, 5.41) is 25.7. The van der Waals surface area contributed by atoms with Gasteiger partial charge in [-0.2, -0.15) is 26.3 Å². The van der Waals surface area contributed by atoms with Gasteiger partial charge in [-0.15, -0.1) is 0 Å². The number of fused-ring (bicyclic) bond motifs is 1. The van der Waals surface area contributed by atoms with E-state index in [0.717, 1.165) is 6.07 Å². The Hall–Kier alpha value is -4.08. The first-order chi connectivity index (χ1) is 21.6. The highest BCUT2D eigenvalue weighted by Crippen LogP contribution is 2.50. The number of carbonyl (C=O) groups excluding carboxylic acids is 1. The second-order valence-corrected chi connectivity index (χ2v) is 10.7. The molecule has 0 fully saturated rings. The maximum absolute atomic E-state index is 13.7. The van der Waals surface area contributed by atoms with Crippen LogP contribution in [0.25, 0.3) is 0 Å². The SMILES string of the molecule is CCCc1cc(C(O)(C(F)(F)F)C(F)(F)F)ccc1Oc1ccnc(CNC(=O)[C@@](CC)(N[C@@H](C)O)c2ccc3c(c2)OCO3)c1. The van der Waals surface area contributed by atoms with Gasteiger partial charge in [-0.25, -0.2) is 0 Å². The smallest absolute Gasteiger partial charge is 0.430 e. The molecule has 0 saturated carbocycles. The average Bonchev–Trinajstić information content (AvgIpc) is 3.46. The second kappa shape index (κ2) is 13.3. The molecule has 15 heteroatoms. The highest BCUT2D eigenvalue weighted by molar-refractivity contribution is 5.88. The van der Waals surface area contributed by atoms with Crippen LogP contribution in [0.3, 0.4) is 0 Å². The number of alkyl halides is 6. The average molecular weight is 658 g/mol. The van der Waals surface area contributed by atoms with Crippen molar-refractivity contribution in [2.24, 2.45) is 0 Å². The first-order valence-electron chi connectivity index (χ1n) is 14.3. The van der Waals surface area contributed by atoms with Crippen LogP contribution in [0.4, 0.5) is 26.3 Å². The van der Waals surface area contributed by atoms with Gasteiger partial charge in [0.05, 0.1) is 12.2 Å². The number of ether oxygens (including phenoxy) is 3. The van der Waals surface area contributed by atoms with Gasteiger partial charge in [0, 0.05) is 17.8 Å². The Morgan fingerprint density at radius 2 is 1.65 bits per heavy atom. The maximum Gasteiger partial charge on any atom is 0.430 e. The molecule has 4 rings (SSSR count). The zero-order valence-electron chi connectivity index (χ0n) is 25.1. The van der Waals surface area contributed by atoms with Gasteiger partial charge in [-0.05, 0) is 61.2 Å². The topological polar surface area (TPSA) is 122 Å². The van der Waals surface area contributed by atoms with E-state index in [2.05, 4.69) is 15.6 Å². The number of pyridine rings is 1. The van der Waals surface area contributed by atoms with Crippen molar-refractivity contribution in [1.29, 1.82) is 0 Å². The number of aliphatic hydroxyl groups excluding tert-OH is 1. The first-order valence-corrected chi connectivity index (χ1v) is 14.3. The number of halogens is 6. The molecule has 2 atom stereocenters. The van der Waals surface area contributed by atoms with E-state index in [1.807, 2.05) is 0 Å². The van der Waals surface area contributed by atoms with Crippen molar-refractivity contribution in [2.75, 3.05) is 6.79 Å². The number of aromatic nitrogens is 1. The lowest BCUT2D eigenvalue weighted by Gasteiger charge is -2.34. The van der Waals surface area contributed by atoms with Gasteiger partial charge in [-0.3, -0.25) is 15.1 Å². The second-order valence-electron chi connectivity index (χ2n) is 10.7. The van der Waals surface area contributed by atoms with Crippen LogP contribution in [0.1, 0.15) is 56.0 Å². The van der Waals surface area contributed by atoms with E-state index in [1.165, 1.54) is 25.3 Å². The molecular formula is C31H33F6N3O6. The van der Waals surface area contributed by atoms with Gasteiger partial charge in [0.1, 0.15) is 23.3 Å². The molecule has 0 bridgehead atoms. The molecule has 250 valence electrons. The molecule has 46 heavy (non-hydrogen) atoms. The molecule has 0 radical (unpaired) electrons. The van der Waals surface area contributed by atoms with Crippen LogP contribution < -0.4 is 24.8 Å². The third-order valence-electron chi connectivity index (χ3n) is 7.50. The number of benzene rings is 2. The fourth-order valence-electron chi connectivity index (χ4n) is 5.19. The number of hydrogen-bond acceptors (Lipinski definition) is 8. The predicted molar refractivity (Wildman–Crippen MR) is 152 cm³/mol. The van der Waals surface area contributed by atoms with Gasteiger partial charge in [-0.1, -0.05) is 32.4 Å². The summed E-state index contributed by atoms with van der Waals surface area (Å²) in [6, 6.07) is 9.96. The number of carbonyl (C=O) groups is 1. The molecule has 0 spiro atoms. The molecule has 0 unspecified atom stereocenters. The summed E-state index contributed by atoms with van der Waals surface area (Å²) in [7, 11) is 0. The molecule has 1 aliphatic heterocycles. The fourth-order valence-corrected chi connectivity index (χ4v) is 5.19. The number of aliphatic hydroxyl groups is 2. The standard InChI is InChI=1S/C31H33F6N3O6/c1-4-6-19-13-21(29(43,30(32,33)34)31(35,36)37)8-9-24(19)46-23-11-12-38-22(15-23)16-39-27(42)28(5-2,40-18(3)41)20-7-10-25-26(14-20)45-17-44-25/h7-15,18,40-41,43H,4-6,16-17H2,1-3H3,(H,39,42)/t18-,28+/m1/s1. The van der Waals surface area contributed by atoms with E-state index in [-0.39, 0.29) is 43.2 Å². The Labute approximate surface area is 260 Å². The van der Waals surface area contributed by atoms with E-state index < -0.39 is 41.2 Å². The highest BCUT2D eigenvalue weighted by atomic mass is 19.4. The third kappa shape index (κ3) is 6.86. The zero-order chi connectivity index (χ0) is 33.9. The number of hydrogen-bond donors (Lipinski definition) is 4. The van der Waals surface area contributed by atoms with Crippen LogP contribution in [-0.2, 0) is 28.9 Å². The lowest BCUT2D eigenvalue weighted by Crippen LogP contribution is -2.56. The molecular weight excluding hydrogens is 624 g/mol. The lowest BCUT2D eigenvalue weighted by atomic mass is 9.85. The minimum absolute atomic E-state index is 0.0132. The number of aryl methyl sites for hydroxylation is 1. The molecule has 1 aromatic heterocycles. The summed E-state index contributed by atoms with van der Waals surface area (Å²) in [5.74, 6) is 0.586. The summed E-state index contributed by atoms with van der Waals surface area (Å²) in [5.41, 5.74) is -6.99. The van der Waals surface area contributed by atoms with Crippen molar-refractivity contribution in [1.82, 2.24) is 15.6 Å². The quantitative estimate of drug-likeness (QED) is 0.144. The van der Waals surface area contributed by atoms with E-state index >= 15 is 0 Å². The van der Waals surface area contributed by atoms with E-state index in [4.69, 9.17) is 14.2 Å². The Morgan fingerprint density at radius 3 is 2.28 bits per heavy atom. The van der Waals surface area contributed by atoms with Crippen molar-refractivity contribution in [3.63, 3.8) is 0 Å². The summed E-state index contributed by atoms with van der Waals surface area (Å²) >= 11 is 0. The summed E-state index contributed by atoms with van der Waals surface area (Å²) in [6.45, 7) is 4.84. The van der Waals surface area contributed by atoms with Gasteiger partial charge in [0.25, 0.3) is 5.60 Å². The lowest BCUT2D eigenvalue weighted by molar-refractivity contribution is -0.376. The monoisotopic (exact) mass is 657 g/mol. The third-order valence-corrected chi connectivity index (χ3v) is 7.50. The molecule has 4 N–H and O–H groups in total. The van der Waals surface area contributed by atoms with Gasteiger partial charge < -0.3 is 29.7 Å². The summed E-state index contributed by atoms with van der Waals surface area (Å²) in [4.78, 5) is 17.9. The zero-order valence-corrected chi connectivity index (χ0v) is 25.1. The van der Waals surface area contributed by atoms with Crippen LogP contribution in [0.2, 0.25) is 0 Å². The van der Waals surface area contributed by atoms with Crippen molar-refractivity contribution in [2.45, 2.75) is 76.3 Å². The first kappa shape index (κ1) is 34.8. The van der Waals surface area contributed by atoms with Crippen LogP contribution in [0, 0.1) is 0 Å². The number of nitrogens with one attached hydrogen (secondary N) is 2. The molecule has 3 aromatic rings. The molecule has 1 amide bonds. The van der Waals surface area contributed by atoms with Crippen LogP contribution in [-0.4, -0.2) is 46.5 Å². The maximum atomic E-state index is 13.7. The van der Waals surface area contributed by atoms with Crippen molar-refractivity contribution in [3.8, 4) is 23.0 Å². The molecule has 0 aliphatic carbocycles. The molecule has 9 nitrogen and oxygen atoms in total. The molecule has 2 aromatic carbocycles. The Bertz CT molecular complexity index is 1530. The molecule has 2 heterocycles. The number of rotatable bonds is 12. The Morgan fingerprint density at radius 1 is 0.978 bits per heavy atom. The predicted octanol–water partition coefficient (Wildman–Crippen LogP) is 5.72. The van der Waals surface area contributed by atoms with Crippen molar-refractivity contribution >= 4 is 5.91 Å². The Kier molecular flexibility index (Phi) is 10.1. The highest BCUT2D eigenvalue weighted by Gasteiger charge is 2.71. The van der Waals surface area contributed by atoms with Crippen LogP contribution in [0.5, 0.6) is 23.0 Å². The largest absolute Gasteiger partial charge is 0.457 e. The summed E-state index contributed by atoms with van der Waals surface area (Å²) in [6.07, 6.45) is -11.1. The van der Waals surface area contributed by atoms with E-state index in [9.17, 15) is 41.4 Å². The minimum Gasteiger partial charge on any atom is -0.457 e. The van der Waals surface area contributed by atoms with Gasteiger partial charge in [0.15, 0.2) is 11.5 Å². The van der Waals surface area contributed by atoms with Gasteiger partial charge >= 0.3 is 12.4 Å². The number of amides is 1. The normalized spacial score (nSPS) is 15.3.